The summed E-state index contributed by atoms with van der Waals surface area (Å²) < 4.78 is 0. The van der Waals surface area contributed by atoms with E-state index in [2.05, 4.69) is 10.6 Å². The Bertz CT molecular complexity index is 495. The molecule has 0 spiro atoms. The average Bonchev–Trinajstić information content (AvgIpc) is 2.46. The molecule has 21 heavy (non-hydrogen) atoms. The third-order valence-corrected chi connectivity index (χ3v) is 4.24. The van der Waals surface area contributed by atoms with Gasteiger partial charge in [-0.2, -0.15) is 0 Å². The number of rotatable bonds is 4. The van der Waals surface area contributed by atoms with Gasteiger partial charge in [0.2, 0.25) is 5.91 Å². The average molecular weight is 304 g/mol. The molecule has 4 heteroatoms. The molecule has 1 aromatic carbocycles. The summed E-state index contributed by atoms with van der Waals surface area (Å²) in [4.78, 5) is 11.9. The highest BCUT2D eigenvalue weighted by molar-refractivity contribution is 7.80. The van der Waals surface area contributed by atoms with Gasteiger partial charge in [-0.1, -0.05) is 44.2 Å². The largest absolute Gasteiger partial charge is 0.332 e. The van der Waals surface area contributed by atoms with Gasteiger partial charge in [-0.25, -0.2) is 0 Å². The molecule has 0 heterocycles. The number of anilines is 1. The lowest BCUT2D eigenvalue weighted by atomic mass is 9.86. The predicted molar refractivity (Wildman–Crippen MR) is 91.4 cm³/mol. The van der Waals surface area contributed by atoms with Crippen molar-refractivity contribution in [1.29, 1.82) is 0 Å². The number of aryl methyl sites for hydroxylation is 1. The Morgan fingerprint density at radius 2 is 2.05 bits per heavy atom. The zero-order chi connectivity index (χ0) is 15.1. The molecular formula is C17H24N2OS. The number of carbonyl (C=O) groups is 1. The van der Waals surface area contributed by atoms with E-state index in [-0.39, 0.29) is 5.91 Å². The van der Waals surface area contributed by atoms with Crippen LogP contribution in [0.2, 0.25) is 0 Å². The summed E-state index contributed by atoms with van der Waals surface area (Å²) in [5.74, 6) is 0.744. The van der Waals surface area contributed by atoms with Crippen LogP contribution in [0, 0.1) is 12.8 Å². The molecule has 2 N–H and O–H groups in total. The topological polar surface area (TPSA) is 41.1 Å². The van der Waals surface area contributed by atoms with Gasteiger partial charge in [0.15, 0.2) is 5.11 Å². The van der Waals surface area contributed by atoms with Gasteiger partial charge in [-0.3, -0.25) is 4.79 Å². The van der Waals surface area contributed by atoms with Gasteiger partial charge in [-0.05, 0) is 49.2 Å². The number of thiocarbonyl (C=S) groups is 1. The van der Waals surface area contributed by atoms with Crippen LogP contribution in [0.25, 0.3) is 0 Å². The van der Waals surface area contributed by atoms with E-state index in [1.165, 1.54) is 32.1 Å². The van der Waals surface area contributed by atoms with Crippen LogP contribution in [0.15, 0.2) is 24.3 Å². The summed E-state index contributed by atoms with van der Waals surface area (Å²) in [6.07, 6.45) is 8.10. The lowest BCUT2D eigenvalue weighted by Gasteiger charge is -2.21. The molecule has 0 radical (unpaired) electrons. The van der Waals surface area contributed by atoms with Gasteiger partial charge in [0, 0.05) is 12.1 Å². The predicted octanol–water partition coefficient (Wildman–Crippen LogP) is 4.17. The minimum absolute atomic E-state index is 0.0192. The van der Waals surface area contributed by atoms with Gasteiger partial charge in [0.05, 0.1) is 0 Å². The Kier molecular flexibility index (Phi) is 6.18. The van der Waals surface area contributed by atoms with Crippen LogP contribution < -0.4 is 10.6 Å². The molecule has 0 aliphatic heterocycles. The lowest BCUT2D eigenvalue weighted by Crippen LogP contribution is -2.34. The normalized spacial score (nSPS) is 15.5. The highest BCUT2D eigenvalue weighted by Gasteiger charge is 2.15. The Morgan fingerprint density at radius 1 is 1.29 bits per heavy atom. The molecule has 0 bridgehead atoms. The molecule has 0 saturated heterocycles. The second kappa shape index (κ2) is 8.13. The zero-order valence-corrected chi connectivity index (χ0v) is 13.5. The summed E-state index contributed by atoms with van der Waals surface area (Å²) in [6, 6.07) is 7.93. The first-order chi connectivity index (χ1) is 10.1. The highest BCUT2D eigenvalue weighted by atomic mass is 32.1. The standard InChI is InChI=1S/C17H24N2OS/c1-13-6-5-9-15(12-13)18-17(21)19-16(20)11-10-14-7-3-2-4-8-14/h5-6,9,12,14H,2-4,7-8,10-11H2,1H3,(H2,18,19,20,21). The van der Waals surface area contributed by atoms with Crippen molar-refractivity contribution >= 4 is 28.9 Å². The monoisotopic (exact) mass is 304 g/mol. The van der Waals surface area contributed by atoms with Crippen LogP contribution in [0.4, 0.5) is 5.69 Å². The Balaban J connectivity index is 1.70. The van der Waals surface area contributed by atoms with E-state index in [1.54, 1.807) is 0 Å². The van der Waals surface area contributed by atoms with E-state index >= 15 is 0 Å². The van der Waals surface area contributed by atoms with Crippen molar-refractivity contribution in [1.82, 2.24) is 5.32 Å². The molecular weight excluding hydrogens is 280 g/mol. The first-order valence-electron chi connectivity index (χ1n) is 7.81. The van der Waals surface area contributed by atoms with E-state index in [0.717, 1.165) is 23.6 Å². The molecule has 1 aromatic rings. The van der Waals surface area contributed by atoms with Gasteiger partial charge < -0.3 is 10.6 Å². The maximum Gasteiger partial charge on any atom is 0.226 e. The SMILES string of the molecule is Cc1cccc(NC(=S)NC(=O)CCC2CCCCC2)c1. The van der Waals surface area contributed by atoms with Gasteiger partial charge in [-0.15, -0.1) is 0 Å². The minimum atomic E-state index is 0.0192. The van der Waals surface area contributed by atoms with Crippen LogP contribution in [-0.4, -0.2) is 11.0 Å². The summed E-state index contributed by atoms with van der Waals surface area (Å²) in [6.45, 7) is 2.02. The van der Waals surface area contributed by atoms with Crippen LogP contribution in [0.3, 0.4) is 0 Å². The molecule has 0 unspecified atom stereocenters. The van der Waals surface area contributed by atoms with Crippen molar-refractivity contribution in [2.45, 2.75) is 51.9 Å². The Morgan fingerprint density at radius 3 is 2.76 bits per heavy atom. The van der Waals surface area contributed by atoms with Crippen LogP contribution >= 0.6 is 12.2 Å². The molecule has 3 nitrogen and oxygen atoms in total. The minimum Gasteiger partial charge on any atom is -0.332 e. The third-order valence-electron chi connectivity index (χ3n) is 4.03. The van der Waals surface area contributed by atoms with E-state index in [0.29, 0.717) is 11.5 Å². The molecule has 1 amide bonds. The number of hydrogen-bond acceptors (Lipinski definition) is 2. The molecule has 1 saturated carbocycles. The van der Waals surface area contributed by atoms with Crippen LogP contribution in [0.1, 0.15) is 50.5 Å². The first-order valence-corrected chi connectivity index (χ1v) is 8.22. The van der Waals surface area contributed by atoms with Crippen LogP contribution in [0.5, 0.6) is 0 Å². The molecule has 2 rings (SSSR count). The number of hydrogen-bond donors (Lipinski definition) is 2. The molecule has 0 aromatic heterocycles. The Hall–Kier alpha value is -1.42. The molecule has 1 aliphatic rings. The molecule has 114 valence electrons. The molecule has 1 aliphatic carbocycles. The van der Waals surface area contributed by atoms with Crippen molar-refractivity contribution < 1.29 is 4.79 Å². The fourth-order valence-corrected chi connectivity index (χ4v) is 3.12. The van der Waals surface area contributed by atoms with Crippen molar-refractivity contribution in [3.8, 4) is 0 Å². The summed E-state index contributed by atoms with van der Waals surface area (Å²) in [5, 5.41) is 6.20. The quantitative estimate of drug-likeness (QED) is 0.820. The van der Waals surface area contributed by atoms with Crippen molar-refractivity contribution in [2.75, 3.05) is 5.32 Å². The van der Waals surface area contributed by atoms with E-state index < -0.39 is 0 Å². The zero-order valence-electron chi connectivity index (χ0n) is 12.7. The fourth-order valence-electron chi connectivity index (χ4n) is 2.89. The summed E-state index contributed by atoms with van der Waals surface area (Å²) >= 11 is 5.18. The maximum atomic E-state index is 11.9. The maximum absolute atomic E-state index is 11.9. The van der Waals surface area contributed by atoms with Crippen molar-refractivity contribution in [2.24, 2.45) is 5.92 Å². The number of carbonyl (C=O) groups excluding carboxylic acids is 1. The van der Waals surface area contributed by atoms with Crippen molar-refractivity contribution in [3.63, 3.8) is 0 Å². The first kappa shape index (κ1) is 16.0. The summed E-state index contributed by atoms with van der Waals surface area (Å²) in [5.41, 5.74) is 2.07. The number of benzene rings is 1. The van der Waals surface area contributed by atoms with Gasteiger partial charge >= 0.3 is 0 Å². The van der Waals surface area contributed by atoms with E-state index in [1.807, 2.05) is 31.2 Å². The third kappa shape index (κ3) is 5.84. The van der Waals surface area contributed by atoms with Gasteiger partial charge in [0.25, 0.3) is 0 Å². The van der Waals surface area contributed by atoms with Gasteiger partial charge in [0.1, 0.15) is 0 Å². The Labute approximate surface area is 132 Å². The number of nitrogens with one attached hydrogen (secondary N) is 2. The second-order valence-electron chi connectivity index (χ2n) is 5.91. The van der Waals surface area contributed by atoms with E-state index in [4.69, 9.17) is 12.2 Å². The smallest absolute Gasteiger partial charge is 0.226 e. The lowest BCUT2D eigenvalue weighted by molar-refractivity contribution is -0.120. The van der Waals surface area contributed by atoms with Crippen molar-refractivity contribution in [3.05, 3.63) is 29.8 Å². The summed E-state index contributed by atoms with van der Waals surface area (Å²) in [7, 11) is 0. The fraction of sp³-hybridized carbons (Fsp3) is 0.529. The number of amides is 1. The highest BCUT2D eigenvalue weighted by Crippen LogP contribution is 2.27. The molecule has 1 fully saturated rings. The van der Waals surface area contributed by atoms with Crippen LogP contribution in [-0.2, 0) is 4.79 Å². The molecule has 0 atom stereocenters. The van der Waals surface area contributed by atoms with E-state index in [9.17, 15) is 4.79 Å². The second-order valence-corrected chi connectivity index (χ2v) is 6.32.